The Labute approximate surface area is 190 Å². The normalized spacial score (nSPS) is 14.2. The molecule has 1 heterocycles. The van der Waals surface area contributed by atoms with E-state index in [4.69, 9.17) is 4.74 Å². The number of nitrogens with one attached hydrogen (secondary N) is 2. The number of rotatable bonds is 10. The van der Waals surface area contributed by atoms with Gasteiger partial charge < -0.3 is 25.0 Å². The average molecular weight is 469 g/mol. The zero-order valence-electron chi connectivity index (χ0n) is 17.6. The summed E-state index contributed by atoms with van der Waals surface area (Å²) in [6.07, 6.45) is 2.50. The van der Waals surface area contributed by atoms with Crippen LogP contribution in [0.2, 0.25) is 0 Å². The van der Waals surface area contributed by atoms with Crippen molar-refractivity contribution in [3.05, 3.63) is 95.6 Å². The number of alkyl carbamates (subject to hydrolysis) is 1. The lowest BCUT2D eigenvalue weighted by molar-refractivity contribution is -0.132. The van der Waals surface area contributed by atoms with Gasteiger partial charge >= 0.3 is 12.1 Å². The van der Waals surface area contributed by atoms with Crippen LogP contribution in [-0.2, 0) is 27.1 Å². The van der Waals surface area contributed by atoms with Crippen LogP contribution in [-0.4, -0.2) is 44.0 Å². The van der Waals surface area contributed by atoms with E-state index in [0.29, 0.717) is 11.3 Å². The molecule has 3 rings (SSSR count). The largest absolute Gasteiger partial charge is 0.478 e. The van der Waals surface area contributed by atoms with Crippen molar-refractivity contribution in [2.75, 3.05) is 6.16 Å². The molecular weight excluding hydrogens is 445 g/mol. The lowest BCUT2D eigenvalue weighted by atomic mass is 10.1. The van der Waals surface area contributed by atoms with Crippen LogP contribution in [0.5, 0.6) is 0 Å². The van der Waals surface area contributed by atoms with Crippen molar-refractivity contribution in [3.63, 3.8) is 0 Å². The molecule has 9 nitrogen and oxygen atoms in total. The fraction of sp³-hybridized carbons (Fsp3) is 0.174. The number of aromatic nitrogens is 2. The first-order valence-electron chi connectivity index (χ1n) is 10.1. The molecule has 0 aliphatic carbocycles. The number of hydrogen-bond acceptors (Lipinski definition) is 5. The van der Waals surface area contributed by atoms with Gasteiger partial charge in [-0.25, -0.2) is 14.6 Å². The summed E-state index contributed by atoms with van der Waals surface area (Å²) in [6.45, 7) is -0.0133. The van der Waals surface area contributed by atoms with Crippen molar-refractivity contribution in [1.29, 1.82) is 0 Å². The van der Waals surface area contributed by atoms with Gasteiger partial charge in [0.2, 0.25) is 7.37 Å². The molecule has 0 saturated carbocycles. The first-order chi connectivity index (χ1) is 15.8. The highest BCUT2D eigenvalue weighted by atomic mass is 31.2. The van der Waals surface area contributed by atoms with Crippen molar-refractivity contribution in [1.82, 2.24) is 15.3 Å². The van der Waals surface area contributed by atoms with Crippen LogP contribution in [0.15, 0.2) is 78.8 Å². The minimum Gasteiger partial charge on any atom is -0.478 e. The van der Waals surface area contributed by atoms with E-state index in [-0.39, 0.29) is 18.6 Å². The number of benzene rings is 2. The summed E-state index contributed by atoms with van der Waals surface area (Å²) in [4.78, 5) is 41.6. The summed E-state index contributed by atoms with van der Waals surface area (Å²) >= 11 is 0. The van der Waals surface area contributed by atoms with E-state index in [9.17, 15) is 24.2 Å². The molecule has 4 N–H and O–H groups in total. The Balaban J connectivity index is 1.78. The van der Waals surface area contributed by atoms with E-state index >= 15 is 0 Å². The van der Waals surface area contributed by atoms with Crippen LogP contribution in [0.1, 0.15) is 16.8 Å². The Morgan fingerprint density at radius 2 is 1.73 bits per heavy atom. The number of carbonyl (C=O) groups excluding carboxylic acids is 1. The smallest absolute Gasteiger partial charge is 0.408 e. The van der Waals surface area contributed by atoms with Crippen molar-refractivity contribution in [3.8, 4) is 0 Å². The van der Waals surface area contributed by atoms with Crippen LogP contribution < -0.4 is 5.32 Å². The van der Waals surface area contributed by atoms with Crippen LogP contribution >= 0.6 is 7.37 Å². The topological polar surface area (TPSA) is 142 Å². The summed E-state index contributed by atoms with van der Waals surface area (Å²) in [5, 5.41) is 12.0. The van der Waals surface area contributed by atoms with Gasteiger partial charge in [-0.05, 0) is 17.2 Å². The van der Waals surface area contributed by atoms with Crippen molar-refractivity contribution >= 4 is 25.5 Å². The molecule has 1 aromatic heterocycles. The molecule has 0 aliphatic rings. The first-order valence-corrected chi connectivity index (χ1v) is 12.0. The van der Waals surface area contributed by atoms with Crippen molar-refractivity contribution in [2.24, 2.45) is 0 Å². The highest BCUT2D eigenvalue weighted by molar-refractivity contribution is 7.59. The molecule has 1 amide bonds. The molecule has 33 heavy (non-hydrogen) atoms. The number of aromatic amines is 1. The summed E-state index contributed by atoms with van der Waals surface area (Å²) < 4.78 is 18.5. The Kier molecular flexibility index (Phi) is 8.18. The summed E-state index contributed by atoms with van der Waals surface area (Å²) in [6, 6.07) is 17.8. The third-order valence-corrected chi connectivity index (χ3v) is 6.86. The van der Waals surface area contributed by atoms with Crippen LogP contribution in [0, 0.1) is 0 Å². The quantitative estimate of drug-likeness (QED) is 0.262. The van der Waals surface area contributed by atoms with E-state index in [1.807, 2.05) is 6.07 Å². The number of hydrogen-bond donors (Lipinski definition) is 4. The van der Waals surface area contributed by atoms with Gasteiger partial charge in [-0.3, -0.25) is 4.57 Å². The standard InChI is InChI=1S/C23H24N3O6P/c27-22(28)19(12-20-13-24-16-25-20)15-33(30,31)21(11-17-7-3-1-4-8-17)26-23(29)32-14-18-9-5-2-6-10-18/h1-10,12-13,16,21H,11,14-15H2,(H,24,25)(H,26,29)(H,27,28)(H,30,31)/b19-12-/t21-/m0/s1. The zero-order valence-corrected chi connectivity index (χ0v) is 18.5. The predicted molar refractivity (Wildman–Crippen MR) is 123 cm³/mol. The van der Waals surface area contributed by atoms with Gasteiger partial charge in [0.25, 0.3) is 0 Å². The maximum atomic E-state index is 13.3. The average Bonchev–Trinajstić information content (AvgIpc) is 3.31. The van der Waals surface area contributed by atoms with Crippen LogP contribution in [0.25, 0.3) is 6.08 Å². The summed E-state index contributed by atoms with van der Waals surface area (Å²) in [7, 11) is -4.24. The van der Waals surface area contributed by atoms with Gasteiger partial charge in [-0.2, -0.15) is 0 Å². The fourth-order valence-corrected chi connectivity index (χ4v) is 4.83. The van der Waals surface area contributed by atoms with Crippen LogP contribution in [0.4, 0.5) is 4.79 Å². The van der Waals surface area contributed by atoms with E-state index in [2.05, 4.69) is 15.3 Å². The van der Waals surface area contributed by atoms with Gasteiger partial charge in [-0.1, -0.05) is 60.7 Å². The van der Waals surface area contributed by atoms with E-state index < -0.39 is 31.4 Å². The molecule has 0 spiro atoms. The molecule has 0 fully saturated rings. The first kappa shape index (κ1) is 24.0. The number of carboxylic acids is 1. The maximum absolute atomic E-state index is 13.3. The third kappa shape index (κ3) is 7.45. The van der Waals surface area contributed by atoms with Gasteiger partial charge in [0.15, 0.2) is 0 Å². The lowest BCUT2D eigenvalue weighted by Crippen LogP contribution is -2.37. The number of nitrogens with zero attached hydrogens (tertiary/aromatic N) is 1. The molecule has 0 aliphatic heterocycles. The zero-order chi connectivity index (χ0) is 23.7. The number of aliphatic carboxylic acids is 1. The fourth-order valence-electron chi connectivity index (χ4n) is 3.10. The lowest BCUT2D eigenvalue weighted by Gasteiger charge is -2.24. The molecule has 0 bridgehead atoms. The molecule has 172 valence electrons. The minimum absolute atomic E-state index is 0.0133. The minimum atomic E-state index is -4.24. The Hall–Kier alpha value is -3.68. The molecule has 3 aromatic rings. The maximum Gasteiger partial charge on any atom is 0.408 e. The predicted octanol–water partition coefficient (Wildman–Crippen LogP) is 3.64. The highest BCUT2D eigenvalue weighted by Crippen LogP contribution is 2.48. The summed E-state index contributed by atoms with van der Waals surface area (Å²) in [5.74, 6) is -2.60. The molecule has 1 unspecified atom stereocenters. The number of ether oxygens (including phenoxy) is 1. The van der Waals surface area contributed by atoms with Gasteiger partial charge in [0, 0.05) is 12.0 Å². The van der Waals surface area contributed by atoms with Gasteiger partial charge in [0.05, 0.1) is 24.4 Å². The van der Waals surface area contributed by atoms with Gasteiger partial charge in [0.1, 0.15) is 12.4 Å². The molecule has 10 heteroatoms. The van der Waals surface area contributed by atoms with Crippen molar-refractivity contribution in [2.45, 2.75) is 18.8 Å². The van der Waals surface area contributed by atoms with E-state index in [1.165, 1.54) is 18.6 Å². The highest BCUT2D eigenvalue weighted by Gasteiger charge is 2.35. The Bertz CT molecular complexity index is 1130. The number of amides is 1. The van der Waals surface area contributed by atoms with E-state index in [1.54, 1.807) is 54.6 Å². The molecule has 0 radical (unpaired) electrons. The number of H-pyrrole nitrogens is 1. The second-order valence-corrected chi connectivity index (χ2v) is 9.76. The molecular formula is C23H24N3O6P. The number of imidazole rings is 1. The molecule has 2 aromatic carbocycles. The second kappa shape index (κ2) is 11.3. The summed E-state index contributed by atoms with van der Waals surface area (Å²) in [5.41, 5.74) is 1.55. The number of carboxylic acid groups (broad SMARTS) is 1. The second-order valence-electron chi connectivity index (χ2n) is 7.31. The molecule has 0 saturated heterocycles. The molecule has 2 atom stereocenters. The Morgan fingerprint density at radius 3 is 2.30 bits per heavy atom. The van der Waals surface area contributed by atoms with Crippen molar-refractivity contribution < 1.29 is 28.9 Å². The Morgan fingerprint density at radius 1 is 1.09 bits per heavy atom. The number of carbonyl (C=O) groups is 2. The third-order valence-electron chi connectivity index (χ3n) is 4.78. The van der Waals surface area contributed by atoms with Crippen LogP contribution in [0.3, 0.4) is 0 Å². The van der Waals surface area contributed by atoms with E-state index in [0.717, 1.165) is 5.56 Å². The van der Waals surface area contributed by atoms with Gasteiger partial charge in [-0.15, -0.1) is 0 Å². The SMILES string of the molecule is O=C(N[C@H](Cc1ccccc1)P(=O)(O)C/C(=C/c1cnc[nH]1)C(=O)O)OCc1ccccc1. The monoisotopic (exact) mass is 469 g/mol.